The Bertz CT molecular complexity index is 1090. The Labute approximate surface area is 176 Å². The van der Waals surface area contributed by atoms with E-state index in [1.54, 1.807) is 6.07 Å². The molecule has 0 unspecified atom stereocenters. The molecule has 1 atom stereocenters. The third-order valence-corrected chi connectivity index (χ3v) is 7.13. The van der Waals surface area contributed by atoms with Crippen molar-refractivity contribution in [1.29, 1.82) is 0 Å². The average Bonchev–Trinajstić information content (AvgIpc) is 2.96. The fourth-order valence-corrected chi connectivity index (χ4v) is 5.74. The van der Waals surface area contributed by atoms with Crippen LogP contribution in [0.2, 0.25) is 10.0 Å². The summed E-state index contributed by atoms with van der Waals surface area (Å²) in [5.41, 5.74) is 8.55. The first-order valence-corrected chi connectivity index (χ1v) is 10.8. The number of thiazole rings is 1. The number of ether oxygens (including phenoxy) is 1. The number of nitrogens with two attached hydrogens (primary N) is 1. The molecule has 146 valence electrons. The van der Waals surface area contributed by atoms with Crippen molar-refractivity contribution >= 4 is 49.9 Å². The summed E-state index contributed by atoms with van der Waals surface area (Å²) >= 11 is 14.6. The van der Waals surface area contributed by atoms with Gasteiger partial charge in [-0.25, -0.2) is 9.37 Å². The number of rotatable bonds is 1. The molecule has 2 aliphatic heterocycles. The van der Waals surface area contributed by atoms with Crippen molar-refractivity contribution in [3.63, 3.8) is 0 Å². The molecular formula is C20H18Cl2FN3OS. The number of nitrogens with zero attached hydrogens (tertiary/aromatic N) is 2. The standard InChI is InChI=1S/C20H18Cl2FN3OS/c21-13-7-10-8-26-6-2-1-3-11(26)9-27-18(10)16(22)15(13)12-4-5-14(23)19-17(12)25-20(24)28-19/h4-5,7,11H,1-3,6,8-9H2,(H2,24,25)/t11-/m0/s1. The lowest BCUT2D eigenvalue weighted by atomic mass is 10.00. The van der Waals surface area contributed by atoms with Gasteiger partial charge in [0.2, 0.25) is 0 Å². The van der Waals surface area contributed by atoms with Crippen molar-refractivity contribution < 1.29 is 9.13 Å². The quantitative estimate of drug-likeness (QED) is 0.527. The van der Waals surface area contributed by atoms with Gasteiger partial charge in [-0.05, 0) is 37.6 Å². The Morgan fingerprint density at radius 1 is 1.29 bits per heavy atom. The number of fused-ring (bicyclic) bond motifs is 3. The summed E-state index contributed by atoms with van der Waals surface area (Å²) < 4.78 is 20.8. The fourth-order valence-electron chi connectivity index (χ4n) is 4.22. The Kier molecular flexibility index (Phi) is 4.62. The smallest absolute Gasteiger partial charge is 0.181 e. The van der Waals surface area contributed by atoms with Gasteiger partial charge in [-0.3, -0.25) is 4.90 Å². The van der Waals surface area contributed by atoms with Crippen LogP contribution in [0.3, 0.4) is 0 Å². The lowest BCUT2D eigenvalue weighted by molar-refractivity contribution is 0.108. The topological polar surface area (TPSA) is 51.4 Å². The number of nitrogen functional groups attached to an aromatic ring is 1. The molecule has 0 amide bonds. The first-order valence-electron chi connectivity index (χ1n) is 9.25. The zero-order chi connectivity index (χ0) is 19.4. The van der Waals surface area contributed by atoms with E-state index in [-0.39, 0.29) is 5.82 Å². The van der Waals surface area contributed by atoms with Gasteiger partial charge >= 0.3 is 0 Å². The van der Waals surface area contributed by atoms with Crippen LogP contribution in [0.25, 0.3) is 21.3 Å². The van der Waals surface area contributed by atoms with Crippen LogP contribution in [-0.4, -0.2) is 29.1 Å². The molecule has 3 aromatic rings. The Hall–Kier alpha value is -1.60. The zero-order valence-electron chi connectivity index (χ0n) is 15.0. The molecule has 8 heteroatoms. The fraction of sp³-hybridized carbons (Fsp3) is 0.350. The van der Waals surface area contributed by atoms with Crippen LogP contribution in [0.1, 0.15) is 24.8 Å². The van der Waals surface area contributed by atoms with E-state index >= 15 is 0 Å². The average molecular weight is 438 g/mol. The van der Waals surface area contributed by atoms with E-state index in [4.69, 9.17) is 33.7 Å². The van der Waals surface area contributed by atoms with Crippen molar-refractivity contribution in [3.8, 4) is 16.9 Å². The van der Waals surface area contributed by atoms with Crippen molar-refractivity contribution in [2.45, 2.75) is 31.8 Å². The van der Waals surface area contributed by atoms with Crippen LogP contribution >= 0.6 is 34.5 Å². The molecule has 3 heterocycles. The molecule has 5 rings (SSSR count). The molecule has 2 aliphatic rings. The van der Waals surface area contributed by atoms with Crippen LogP contribution in [0.4, 0.5) is 9.52 Å². The van der Waals surface area contributed by atoms with Gasteiger partial charge in [-0.15, -0.1) is 0 Å². The van der Waals surface area contributed by atoms with Gasteiger partial charge in [-0.2, -0.15) is 0 Å². The summed E-state index contributed by atoms with van der Waals surface area (Å²) in [5.74, 6) is 0.305. The summed E-state index contributed by atoms with van der Waals surface area (Å²) in [4.78, 5) is 6.76. The second kappa shape index (κ2) is 7.02. The molecule has 0 aliphatic carbocycles. The highest BCUT2D eigenvalue weighted by Gasteiger charge is 2.30. The Balaban J connectivity index is 1.67. The van der Waals surface area contributed by atoms with E-state index in [2.05, 4.69) is 9.88 Å². The molecular weight excluding hydrogens is 420 g/mol. The van der Waals surface area contributed by atoms with E-state index in [1.807, 2.05) is 6.07 Å². The molecule has 2 N–H and O–H groups in total. The van der Waals surface area contributed by atoms with E-state index in [0.717, 1.165) is 36.4 Å². The van der Waals surface area contributed by atoms with Gasteiger partial charge in [0.05, 0.1) is 20.3 Å². The number of hydrogen-bond acceptors (Lipinski definition) is 5. The Morgan fingerprint density at radius 2 is 2.14 bits per heavy atom. The maximum atomic E-state index is 14.2. The maximum absolute atomic E-state index is 14.2. The van der Waals surface area contributed by atoms with Crippen LogP contribution in [0.5, 0.6) is 5.75 Å². The number of hydrogen-bond donors (Lipinski definition) is 1. The van der Waals surface area contributed by atoms with E-state index in [1.165, 1.54) is 18.9 Å². The van der Waals surface area contributed by atoms with E-state index in [0.29, 0.717) is 54.9 Å². The van der Waals surface area contributed by atoms with Crippen LogP contribution in [-0.2, 0) is 6.54 Å². The third-order valence-electron chi connectivity index (χ3n) is 5.57. The molecule has 0 saturated carbocycles. The van der Waals surface area contributed by atoms with Crippen molar-refractivity contribution in [3.05, 3.63) is 39.6 Å². The van der Waals surface area contributed by atoms with Crippen LogP contribution in [0, 0.1) is 5.82 Å². The normalized spacial score (nSPS) is 19.8. The van der Waals surface area contributed by atoms with Gasteiger partial charge in [0.25, 0.3) is 0 Å². The van der Waals surface area contributed by atoms with Crippen LogP contribution < -0.4 is 10.5 Å². The summed E-state index contributed by atoms with van der Waals surface area (Å²) in [5, 5.41) is 1.25. The lowest BCUT2D eigenvalue weighted by Crippen LogP contribution is -2.40. The largest absolute Gasteiger partial charge is 0.490 e. The molecule has 0 spiro atoms. The van der Waals surface area contributed by atoms with Crippen molar-refractivity contribution in [2.75, 3.05) is 18.9 Å². The molecule has 2 aromatic carbocycles. The molecule has 0 bridgehead atoms. The number of benzene rings is 2. The van der Waals surface area contributed by atoms with Gasteiger partial charge in [0.1, 0.15) is 18.2 Å². The second-order valence-corrected chi connectivity index (χ2v) is 9.11. The zero-order valence-corrected chi connectivity index (χ0v) is 17.3. The summed E-state index contributed by atoms with van der Waals surface area (Å²) in [6, 6.07) is 5.36. The van der Waals surface area contributed by atoms with E-state index in [9.17, 15) is 4.39 Å². The predicted molar refractivity (Wildman–Crippen MR) is 113 cm³/mol. The molecule has 0 radical (unpaired) electrons. The highest BCUT2D eigenvalue weighted by atomic mass is 35.5. The van der Waals surface area contributed by atoms with Crippen molar-refractivity contribution in [1.82, 2.24) is 9.88 Å². The van der Waals surface area contributed by atoms with Gasteiger partial charge in [0.15, 0.2) is 5.13 Å². The predicted octanol–water partition coefficient (Wildman–Crippen LogP) is 5.74. The molecule has 1 aromatic heterocycles. The highest BCUT2D eigenvalue weighted by molar-refractivity contribution is 7.22. The second-order valence-electron chi connectivity index (χ2n) is 7.29. The molecule has 28 heavy (non-hydrogen) atoms. The molecule has 1 fully saturated rings. The summed E-state index contributed by atoms with van der Waals surface area (Å²) in [6.07, 6.45) is 3.55. The number of anilines is 1. The maximum Gasteiger partial charge on any atom is 0.181 e. The van der Waals surface area contributed by atoms with Crippen LogP contribution in [0.15, 0.2) is 18.2 Å². The number of piperidine rings is 1. The number of halogens is 3. The first kappa shape index (κ1) is 18.4. The first-order chi connectivity index (χ1) is 13.5. The lowest BCUT2D eigenvalue weighted by Gasteiger charge is -2.33. The number of aromatic nitrogens is 1. The minimum absolute atomic E-state index is 0.302. The van der Waals surface area contributed by atoms with Gasteiger partial charge in [0, 0.05) is 29.3 Å². The van der Waals surface area contributed by atoms with Crippen molar-refractivity contribution in [2.24, 2.45) is 0 Å². The SMILES string of the molecule is Nc1nc2c(-c3c(Cl)cc4c(c3Cl)OC[C@@H]3CCCCN3C4)ccc(F)c2s1. The summed E-state index contributed by atoms with van der Waals surface area (Å²) in [6.45, 7) is 2.43. The van der Waals surface area contributed by atoms with E-state index < -0.39 is 0 Å². The highest BCUT2D eigenvalue weighted by Crippen LogP contribution is 2.47. The summed E-state index contributed by atoms with van der Waals surface area (Å²) in [7, 11) is 0. The Morgan fingerprint density at radius 3 is 3.00 bits per heavy atom. The third kappa shape index (κ3) is 2.94. The monoisotopic (exact) mass is 437 g/mol. The molecule has 1 saturated heterocycles. The minimum atomic E-state index is -0.358. The van der Waals surface area contributed by atoms with Gasteiger partial charge < -0.3 is 10.5 Å². The molecule has 4 nitrogen and oxygen atoms in total. The van der Waals surface area contributed by atoms with Gasteiger partial charge in [-0.1, -0.05) is 41.0 Å². The minimum Gasteiger partial charge on any atom is -0.490 e.